The van der Waals surface area contributed by atoms with Crippen LogP contribution in [0.25, 0.3) is 0 Å². The molecule has 1 unspecified atom stereocenters. The third-order valence-electron chi connectivity index (χ3n) is 2.87. The SMILES string of the molecule is [2H]C(CCCCCC)(C(=O)OCC)S(=O)(=O)c1ncccn1. The molecular formula is C14H22N2O4S. The van der Waals surface area contributed by atoms with E-state index in [1.165, 1.54) is 18.5 Å². The summed E-state index contributed by atoms with van der Waals surface area (Å²) in [6.07, 6.45) is 5.49. The zero-order chi connectivity index (χ0) is 16.6. The molecule has 0 spiro atoms. The summed E-state index contributed by atoms with van der Waals surface area (Å²) in [5.74, 6) is -1.07. The topological polar surface area (TPSA) is 86.2 Å². The summed E-state index contributed by atoms with van der Waals surface area (Å²) in [6, 6.07) is 1.47. The summed E-state index contributed by atoms with van der Waals surface area (Å²) < 4.78 is 38.3. The van der Waals surface area contributed by atoms with Gasteiger partial charge in [0.25, 0.3) is 0 Å². The predicted molar refractivity (Wildman–Crippen MR) is 78.4 cm³/mol. The summed E-state index contributed by atoms with van der Waals surface area (Å²) in [5.41, 5.74) is 0. The zero-order valence-corrected chi connectivity index (χ0v) is 13.2. The van der Waals surface area contributed by atoms with Crippen LogP contribution >= 0.6 is 0 Å². The number of hydrogen-bond donors (Lipinski definition) is 0. The van der Waals surface area contributed by atoms with Crippen molar-refractivity contribution in [1.29, 1.82) is 0 Å². The molecule has 0 bridgehead atoms. The first-order valence-corrected chi connectivity index (χ1v) is 8.57. The molecule has 1 rings (SSSR count). The van der Waals surface area contributed by atoms with E-state index >= 15 is 0 Å². The third kappa shape index (κ3) is 5.08. The van der Waals surface area contributed by atoms with Crippen molar-refractivity contribution >= 4 is 15.8 Å². The lowest BCUT2D eigenvalue weighted by Gasteiger charge is -2.15. The van der Waals surface area contributed by atoms with E-state index in [1.54, 1.807) is 6.92 Å². The lowest BCUT2D eigenvalue weighted by Crippen LogP contribution is -2.33. The molecule has 0 aliphatic heterocycles. The van der Waals surface area contributed by atoms with Crippen molar-refractivity contribution in [1.82, 2.24) is 9.97 Å². The van der Waals surface area contributed by atoms with Gasteiger partial charge in [-0.25, -0.2) is 18.4 Å². The second-order valence-corrected chi connectivity index (χ2v) is 6.35. The standard InChI is InChI=1S/C14H22N2O4S/c1-3-5-6-7-9-12(13(17)20-4-2)21(18,19)14-15-10-8-11-16-14/h8,10-12H,3-7,9H2,1-2H3/i12D. The van der Waals surface area contributed by atoms with Gasteiger partial charge in [-0.2, -0.15) is 0 Å². The van der Waals surface area contributed by atoms with Crippen LogP contribution in [0, 0.1) is 0 Å². The van der Waals surface area contributed by atoms with Crippen LogP contribution in [-0.2, 0) is 19.4 Å². The van der Waals surface area contributed by atoms with Crippen molar-refractivity contribution in [3.8, 4) is 0 Å². The maximum absolute atomic E-state index is 12.6. The summed E-state index contributed by atoms with van der Waals surface area (Å²) in [4.78, 5) is 19.5. The van der Waals surface area contributed by atoms with Gasteiger partial charge in [0.15, 0.2) is 5.23 Å². The fourth-order valence-electron chi connectivity index (χ4n) is 1.80. The van der Waals surface area contributed by atoms with Crippen LogP contribution in [0.5, 0.6) is 0 Å². The number of carbonyl (C=O) groups excluding carboxylic acids is 1. The normalized spacial score (nSPS) is 15.0. The number of sulfone groups is 1. The summed E-state index contributed by atoms with van der Waals surface area (Å²) in [7, 11) is -4.34. The fourth-order valence-corrected chi connectivity index (χ4v) is 3.12. The van der Waals surface area contributed by atoms with E-state index in [-0.39, 0.29) is 13.0 Å². The van der Waals surface area contributed by atoms with Crippen molar-refractivity contribution in [2.24, 2.45) is 0 Å². The maximum atomic E-state index is 12.6. The highest BCUT2D eigenvalue weighted by atomic mass is 32.2. The number of carbonyl (C=O) groups is 1. The van der Waals surface area contributed by atoms with Gasteiger partial charge in [0, 0.05) is 12.4 Å². The quantitative estimate of drug-likeness (QED) is 0.394. The van der Waals surface area contributed by atoms with Crippen molar-refractivity contribution < 1.29 is 19.3 Å². The number of esters is 1. The third-order valence-corrected chi connectivity index (χ3v) is 4.58. The smallest absolute Gasteiger partial charge is 0.324 e. The minimum absolute atomic E-state index is 0.0135. The van der Waals surface area contributed by atoms with E-state index in [2.05, 4.69) is 9.97 Å². The molecule has 1 aromatic heterocycles. The number of aromatic nitrogens is 2. The molecule has 1 heterocycles. The molecule has 0 saturated carbocycles. The minimum Gasteiger partial charge on any atom is -0.465 e. The Kier molecular flexibility index (Phi) is 6.59. The molecule has 0 radical (unpaired) electrons. The van der Waals surface area contributed by atoms with E-state index in [4.69, 9.17) is 6.11 Å². The van der Waals surface area contributed by atoms with Gasteiger partial charge in [-0.1, -0.05) is 32.6 Å². The van der Waals surface area contributed by atoms with Gasteiger partial charge in [-0.15, -0.1) is 0 Å². The Hall–Kier alpha value is -1.50. The van der Waals surface area contributed by atoms with Crippen molar-refractivity contribution in [2.45, 2.75) is 56.3 Å². The highest BCUT2D eigenvalue weighted by molar-refractivity contribution is 7.92. The number of hydrogen-bond acceptors (Lipinski definition) is 6. The van der Waals surface area contributed by atoms with Gasteiger partial charge in [0.05, 0.1) is 7.98 Å². The molecule has 0 saturated heterocycles. The lowest BCUT2D eigenvalue weighted by molar-refractivity contribution is -0.142. The van der Waals surface area contributed by atoms with Gasteiger partial charge in [-0.3, -0.25) is 4.79 Å². The van der Waals surface area contributed by atoms with Gasteiger partial charge in [0.1, 0.15) is 0 Å². The molecule has 1 atom stereocenters. The molecular weight excluding hydrogens is 292 g/mol. The van der Waals surface area contributed by atoms with Crippen LogP contribution in [0.4, 0.5) is 0 Å². The molecule has 0 aromatic carbocycles. The van der Waals surface area contributed by atoms with E-state index in [1.807, 2.05) is 6.92 Å². The van der Waals surface area contributed by atoms with Crippen LogP contribution < -0.4 is 0 Å². The van der Waals surface area contributed by atoms with E-state index in [0.29, 0.717) is 6.42 Å². The monoisotopic (exact) mass is 315 g/mol. The molecule has 7 heteroatoms. The van der Waals surface area contributed by atoms with Crippen molar-refractivity contribution in [3.63, 3.8) is 0 Å². The lowest BCUT2D eigenvalue weighted by atomic mass is 10.1. The Morgan fingerprint density at radius 2 is 1.95 bits per heavy atom. The van der Waals surface area contributed by atoms with E-state index < -0.39 is 26.2 Å². The Labute approximate surface area is 127 Å². The maximum Gasteiger partial charge on any atom is 0.324 e. The van der Waals surface area contributed by atoms with Gasteiger partial charge >= 0.3 is 5.97 Å². The second kappa shape index (κ2) is 8.71. The first-order valence-electron chi connectivity index (χ1n) is 7.59. The largest absolute Gasteiger partial charge is 0.465 e. The van der Waals surface area contributed by atoms with Gasteiger partial charge in [0.2, 0.25) is 15.0 Å². The molecule has 0 aliphatic rings. The van der Waals surface area contributed by atoms with Crippen LogP contribution in [0.1, 0.15) is 47.3 Å². The molecule has 118 valence electrons. The highest BCUT2D eigenvalue weighted by Crippen LogP contribution is 2.19. The average Bonchev–Trinajstić information content (AvgIpc) is 2.52. The molecule has 6 nitrogen and oxygen atoms in total. The predicted octanol–water partition coefficient (Wildman–Crippen LogP) is 2.15. The molecule has 0 N–H and O–H groups in total. The van der Waals surface area contributed by atoms with Crippen LogP contribution in [0.2, 0.25) is 0 Å². The minimum atomic E-state index is -4.34. The van der Waals surface area contributed by atoms with Crippen LogP contribution in [0.15, 0.2) is 23.6 Å². The number of ether oxygens (including phenoxy) is 1. The summed E-state index contributed by atoms with van der Waals surface area (Å²) in [6.45, 7) is 3.61. The van der Waals surface area contributed by atoms with E-state index in [9.17, 15) is 13.2 Å². The summed E-state index contributed by atoms with van der Waals surface area (Å²) in [5, 5.41) is -2.92. The van der Waals surface area contributed by atoms with Gasteiger partial charge in [-0.05, 0) is 19.4 Å². The number of unbranched alkanes of at least 4 members (excludes halogenated alkanes) is 3. The Bertz CT molecular complexity index is 580. The first kappa shape index (κ1) is 15.9. The van der Waals surface area contributed by atoms with Crippen LogP contribution in [0.3, 0.4) is 0 Å². The number of nitrogens with zero attached hydrogens (tertiary/aromatic N) is 2. The van der Waals surface area contributed by atoms with Crippen molar-refractivity contribution in [3.05, 3.63) is 18.5 Å². The first-order chi connectivity index (χ1) is 10.4. The fraction of sp³-hybridized carbons (Fsp3) is 0.643. The summed E-state index contributed by atoms with van der Waals surface area (Å²) >= 11 is 0. The Balaban J connectivity index is 3.11. The Morgan fingerprint density at radius 1 is 1.29 bits per heavy atom. The average molecular weight is 315 g/mol. The number of rotatable bonds is 9. The highest BCUT2D eigenvalue weighted by Gasteiger charge is 2.36. The molecule has 21 heavy (non-hydrogen) atoms. The molecule has 0 aliphatic carbocycles. The Morgan fingerprint density at radius 3 is 2.52 bits per heavy atom. The molecule has 0 fully saturated rings. The molecule has 0 amide bonds. The van der Waals surface area contributed by atoms with E-state index in [0.717, 1.165) is 19.3 Å². The van der Waals surface area contributed by atoms with Crippen LogP contribution in [-0.4, -0.2) is 36.2 Å². The van der Waals surface area contributed by atoms with Gasteiger partial charge < -0.3 is 4.74 Å². The van der Waals surface area contributed by atoms with Crippen molar-refractivity contribution in [2.75, 3.05) is 6.61 Å². The second-order valence-electron chi connectivity index (χ2n) is 4.49. The molecule has 1 aromatic rings. The zero-order valence-electron chi connectivity index (χ0n) is 13.4.